The minimum absolute atomic E-state index is 0.272. The Bertz CT molecular complexity index is 1220. The molecule has 0 aliphatic rings. The lowest BCUT2D eigenvalue weighted by atomic mass is 10.2. The molecule has 0 saturated carbocycles. The van der Waals surface area contributed by atoms with Gasteiger partial charge >= 0.3 is 0 Å². The van der Waals surface area contributed by atoms with Gasteiger partial charge in [-0.05, 0) is 18.2 Å². The number of para-hydroxylation sites is 1. The average Bonchev–Trinajstić information content (AvgIpc) is 3.29. The van der Waals surface area contributed by atoms with Gasteiger partial charge in [-0.3, -0.25) is 9.55 Å². The molecule has 5 rings (SSSR count). The van der Waals surface area contributed by atoms with Crippen LogP contribution in [0.3, 0.4) is 0 Å². The minimum Gasteiger partial charge on any atom is -0.368 e. The fourth-order valence-electron chi connectivity index (χ4n) is 3.07. The number of fused-ring (bicyclic) bond motifs is 1. The van der Waals surface area contributed by atoms with Crippen molar-refractivity contribution >= 4 is 17.0 Å². The Kier molecular flexibility index (Phi) is 3.43. The molecule has 7 nitrogen and oxygen atoms in total. The van der Waals surface area contributed by atoms with Crippen molar-refractivity contribution in [2.24, 2.45) is 0 Å². The number of hydrogen-bond donors (Lipinski definition) is 1. The molecule has 0 unspecified atom stereocenters. The maximum absolute atomic E-state index is 6.20. The quantitative estimate of drug-likeness (QED) is 0.538. The molecule has 0 radical (unpaired) electrons. The van der Waals surface area contributed by atoms with Crippen LogP contribution in [0.4, 0.5) is 5.95 Å². The summed E-state index contributed by atoms with van der Waals surface area (Å²) < 4.78 is 3.56. The van der Waals surface area contributed by atoms with Crippen molar-refractivity contribution in [2.75, 3.05) is 5.73 Å². The Balaban J connectivity index is 1.76. The summed E-state index contributed by atoms with van der Waals surface area (Å²) in [5.74, 6) is 1.39. The van der Waals surface area contributed by atoms with Gasteiger partial charge in [0.05, 0.1) is 11.7 Å². The number of aromatic nitrogens is 6. The van der Waals surface area contributed by atoms with Crippen LogP contribution in [0.25, 0.3) is 34.1 Å². The van der Waals surface area contributed by atoms with Gasteiger partial charge < -0.3 is 5.73 Å². The SMILES string of the molecule is Nc1nc(-c2ccccc2)nn1-c1nc2cnccc2n1-c1ccccc1. The second kappa shape index (κ2) is 6.06. The van der Waals surface area contributed by atoms with Gasteiger partial charge in [0.25, 0.3) is 0 Å². The maximum Gasteiger partial charge on any atom is 0.239 e. The van der Waals surface area contributed by atoms with E-state index < -0.39 is 0 Å². The summed E-state index contributed by atoms with van der Waals surface area (Å²) in [5.41, 5.74) is 9.73. The summed E-state index contributed by atoms with van der Waals surface area (Å²) >= 11 is 0. The number of hydrogen-bond acceptors (Lipinski definition) is 5. The second-order valence-electron chi connectivity index (χ2n) is 6.02. The number of nitrogen functional groups attached to an aromatic ring is 1. The van der Waals surface area contributed by atoms with Crippen LogP contribution in [-0.2, 0) is 0 Å². The van der Waals surface area contributed by atoms with Gasteiger partial charge in [0.2, 0.25) is 11.9 Å². The lowest BCUT2D eigenvalue weighted by Gasteiger charge is -2.09. The van der Waals surface area contributed by atoms with E-state index in [4.69, 9.17) is 10.7 Å². The zero-order valence-electron chi connectivity index (χ0n) is 14.3. The maximum atomic E-state index is 6.20. The minimum atomic E-state index is 0.272. The van der Waals surface area contributed by atoms with Crippen LogP contribution in [0.5, 0.6) is 0 Å². The number of nitrogens with two attached hydrogens (primary N) is 1. The predicted molar refractivity (Wildman–Crippen MR) is 104 cm³/mol. The first-order chi connectivity index (χ1) is 13.3. The molecular formula is C20H15N7. The number of nitrogens with zero attached hydrogens (tertiary/aromatic N) is 6. The first-order valence-corrected chi connectivity index (χ1v) is 8.47. The highest BCUT2D eigenvalue weighted by atomic mass is 15.5. The standard InChI is InChI=1S/C20H15N7/c21-19-24-18(14-7-3-1-4-8-14)25-27(19)20-23-16-13-22-12-11-17(16)26(20)15-9-5-2-6-10-15/h1-13H,(H2,21,24,25). The van der Waals surface area contributed by atoms with Gasteiger partial charge in [-0.25, -0.2) is 4.98 Å². The number of rotatable bonds is 3. The van der Waals surface area contributed by atoms with E-state index in [0.717, 1.165) is 22.3 Å². The van der Waals surface area contributed by atoms with Crippen LogP contribution in [-0.4, -0.2) is 29.3 Å². The van der Waals surface area contributed by atoms with Crippen molar-refractivity contribution in [2.45, 2.75) is 0 Å². The molecular weight excluding hydrogens is 338 g/mol. The van der Waals surface area contributed by atoms with Gasteiger partial charge in [0.15, 0.2) is 5.82 Å². The summed E-state index contributed by atoms with van der Waals surface area (Å²) in [6, 6.07) is 21.6. The average molecular weight is 353 g/mol. The van der Waals surface area contributed by atoms with Crippen molar-refractivity contribution in [3.63, 3.8) is 0 Å². The lowest BCUT2D eigenvalue weighted by molar-refractivity contribution is 0.806. The van der Waals surface area contributed by atoms with Gasteiger partial charge in [-0.15, -0.1) is 5.10 Å². The molecule has 0 aliphatic carbocycles. The largest absolute Gasteiger partial charge is 0.368 e. The number of pyridine rings is 1. The molecule has 2 N–H and O–H groups in total. The van der Waals surface area contributed by atoms with E-state index in [1.807, 2.05) is 71.3 Å². The molecule has 2 aromatic carbocycles. The molecule has 3 aromatic heterocycles. The number of imidazole rings is 1. The van der Waals surface area contributed by atoms with E-state index in [9.17, 15) is 0 Å². The third-order valence-electron chi connectivity index (χ3n) is 4.31. The molecule has 0 spiro atoms. The smallest absolute Gasteiger partial charge is 0.239 e. The third kappa shape index (κ3) is 2.53. The predicted octanol–water partition coefficient (Wildman–Crippen LogP) is 3.25. The lowest BCUT2D eigenvalue weighted by Crippen LogP contribution is -2.09. The summed E-state index contributed by atoms with van der Waals surface area (Å²) in [6.45, 7) is 0. The fourth-order valence-corrected chi connectivity index (χ4v) is 3.07. The molecule has 130 valence electrons. The van der Waals surface area contributed by atoms with Gasteiger partial charge in [-0.1, -0.05) is 48.5 Å². The zero-order chi connectivity index (χ0) is 18.2. The van der Waals surface area contributed by atoms with Crippen molar-refractivity contribution in [3.05, 3.63) is 79.1 Å². The molecule has 0 atom stereocenters. The van der Waals surface area contributed by atoms with Crippen LogP contribution in [0, 0.1) is 0 Å². The molecule has 0 amide bonds. The van der Waals surface area contributed by atoms with Gasteiger partial charge in [0.1, 0.15) is 5.52 Å². The first kappa shape index (κ1) is 15.3. The van der Waals surface area contributed by atoms with Crippen LogP contribution in [0.2, 0.25) is 0 Å². The Morgan fingerprint density at radius 3 is 2.33 bits per heavy atom. The Labute approximate surface area is 154 Å². The topological polar surface area (TPSA) is 87.4 Å². The Morgan fingerprint density at radius 2 is 1.56 bits per heavy atom. The Hall–Kier alpha value is -4.00. The summed E-state index contributed by atoms with van der Waals surface area (Å²) in [4.78, 5) is 13.3. The summed E-state index contributed by atoms with van der Waals surface area (Å²) in [5, 5.41) is 4.61. The number of anilines is 1. The van der Waals surface area contributed by atoms with E-state index in [0.29, 0.717) is 11.8 Å². The van der Waals surface area contributed by atoms with Crippen LogP contribution >= 0.6 is 0 Å². The monoisotopic (exact) mass is 353 g/mol. The van der Waals surface area contributed by atoms with E-state index in [-0.39, 0.29) is 5.95 Å². The first-order valence-electron chi connectivity index (χ1n) is 8.47. The molecule has 0 bridgehead atoms. The van der Waals surface area contributed by atoms with Crippen molar-refractivity contribution in [1.29, 1.82) is 0 Å². The molecule has 0 aliphatic heterocycles. The summed E-state index contributed by atoms with van der Waals surface area (Å²) in [6.07, 6.45) is 3.47. The van der Waals surface area contributed by atoms with Crippen LogP contribution in [0.15, 0.2) is 79.1 Å². The van der Waals surface area contributed by atoms with Gasteiger partial charge in [-0.2, -0.15) is 9.67 Å². The normalized spacial score (nSPS) is 11.1. The van der Waals surface area contributed by atoms with Crippen molar-refractivity contribution in [1.82, 2.24) is 29.3 Å². The van der Waals surface area contributed by atoms with Crippen molar-refractivity contribution in [3.8, 4) is 23.0 Å². The van der Waals surface area contributed by atoms with Crippen molar-refractivity contribution < 1.29 is 0 Å². The molecule has 3 heterocycles. The molecule has 7 heteroatoms. The second-order valence-corrected chi connectivity index (χ2v) is 6.02. The molecule has 27 heavy (non-hydrogen) atoms. The number of benzene rings is 2. The third-order valence-corrected chi connectivity index (χ3v) is 4.31. The van der Waals surface area contributed by atoms with E-state index in [2.05, 4.69) is 15.1 Å². The fraction of sp³-hybridized carbons (Fsp3) is 0. The van der Waals surface area contributed by atoms with Crippen LogP contribution < -0.4 is 5.73 Å². The highest BCUT2D eigenvalue weighted by molar-refractivity contribution is 5.79. The highest BCUT2D eigenvalue weighted by Gasteiger charge is 2.19. The Morgan fingerprint density at radius 1 is 0.815 bits per heavy atom. The summed E-state index contributed by atoms with van der Waals surface area (Å²) in [7, 11) is 0. The molecule has 5 aromatic rings. The van der Waals surface area contributed by atoms with E-state index >= 15 is 0 Å². The van der Waals surface area contributed by atoms with Crippen LogP contribution in [0.1, 0.15) is 0 Å². The zero-order valence-corrected chi connectivity index (χ0v) is 14.3. The highest BCUT2D eigenvalue weighted by Crippen LogP contribution is 2.25. The van der Waals surface area contributed by atoms with E-state index in [1.165, 1.54) is 0 Å². The van der Waals surface area contributed by atoms with E-state index in [1.54, 1.807) is 17.1 Å². The van der Waals surface area contributed by atoms with Gasteiger partial charge in [0, 0.05) is 17.4 Å². The molecule has 0 saturated heterocycles. The molecule has 0 fully saturated rings.